The normalized spacial score (nSPS) is 13.4. The third kappa shape index (κ3) is 4.19. The Kier molecular flexibility index (Phi) is 5.54. The summed E-state index contributed by atoms with van der Waals surface area (Å²) in [5, 5.41) is 18.6. The Labute approximate surface area is 178 Å². The number of hydrogen-bond acceptors (Lipinski definition) is 6. The number of benzene rings is 1. The molecule has 0 aliphatic carbocycles. The lowest BCUT2D eigenvalue weighted by molar-refractivity contribution is 0.249. The van der Waals surface area contributed by atoms with Gasteiger partial charge >= 0.3 is 6.03 Å². The van der Waals surface area contributed by atoms with Gasteiger partial charge < -0.3 is 15.4 Å². The molecule has 1 atom stereocenters. The summed E-state index contributed by atoms with van der Waals surface area (Å²) in [5.41, 5.74) is 2.67. The molecule has 9 heteroatoms. The molecular weight excluding hydrogens is 399 g/mol. The molecule has 0 fully saturated rings. The molecule has 1 aromatic carbocycles. The van der Waals surface area contributed by atoms with Crippen molar-refractivity contribution in [3.63, 3.8) is 0 Å². The number of aromatic nitrogens is 2. The number of hydrogen-bond donors (Lipinski definition) is 3. The minimum absolute atomic E-state index is 0.204. The van der Waals surface area contributed by atoms with Crippen molar-refractivity contribution < 1.29 is 13.9 Å². The molecule has 1 aliphatic rings. The molecule has 2 aromatic heterocycles. The van der Waals surface area contributed by atoms with Gasteiger partial charge in [0.05, 0.1) is 12.5 Å². The van der Waals surface area contributed by atoms with Crippen LogP contribution in [0, 0.1) is 24.1 Å². The zero-order valence-electron chi connectivity index (χ0n) is 17.1. The quantitative estimate of drug-likeness (QED) is 0.589. The van der Waals surface area contributed by atoms with Crippen molar-refractivity contribution in [1.82, 2.24) is 15.3 Å². The van der Waals surface area contributed by atoms with E-state index >= 15 is 0 Å². The van der Waals surface area contributed by atoms with Crippen molar-refractivity contribution in [1.29, 1.82) is 5.26 Å². The molecule has 158 valence electrons. The number of pyridine rings is 2. The van der Waals surface area contributed by atoms with Crippen LogP contribution in [-0.2, 0) is 0 Å². The molecule has 1 aliphatic heterocycles. The van der Waals surface area contributed by atoms with Gasteiger partial charge in [-0.05, 0) is 43.0 Å². The SMILES string of the molecule is Cc1c(-c2cc3cc(NC(=O)NC(C)CC#N)ncc3cc2F)cnc2c1NCCO2. The lowest BCUT2D eigenvalue weighted by Gasteiger charge is -2.21. The Balaban J connectivity index is 1.66. The lowest BCUT2D eigenvalue weighted by Crippen LogP contribution is -2.36. The Morgan fingerprint density at radius 1 is 1.29 bits per heavy atom. The average Bonchev–Trinajstić information content (AvgIpc) is 2.74. The number of ether oxygens (including phenoxy) is 1. The molecule has 0 bridgehead atoms. The largest absolute Gasteiger partial charge is 0.474 e. The molecule has 31 heavy (non-hydrogen) atoms. The first-order valence-electron chi connectivity index (χ1n) is 9.86. The second-order valence-electron chi connectivity index (χ2n) is 7.36. The highest BCUT2D eigenvalue weighted by Crippen LogP contribution is 2.37. The predicted molar refractivity (Wildman–Crippen MR) is 116 cm³/mol. The standard InChI is InChI=1S/C22H21FN6O2/c1-12(3-4-24)28-22(30)29-19-9-14-7-16(18(23)8-15(14)10-26-19)17-11-27-21-20(13(17)2)25-5-6-31-21/h7-12,25H,3,5-6H2,1-2H3,(H2,26,28,29,30). The summed E-state index contributed by atoms with van der Waals surface area (Å²) in [4.78, 5) is 20.6. The molecule has 3 N–H and O–H groups in total. The summed E-state index contributed by atoms with van der Waals surface area (Å²) in [5.74, 6) is 0.447. The zero-order chi connectivity index (χ0) is 22.0. The summed E-state index contributed by atoms with van der Waals surface area (Å²) < 4.78 is 20.5. The zero-order valence-corrected chi connectivity index (χ0v) is 17.1. The summed E-state index contributed by atoms with van der Waals surface area (Å²) in [6, 6.07) is 6.06. The van der Waals surface area contributed by atoms with E-state index in [9.17, 15) is 9.18 Å². The fourth-order valence-corrected chi connectivity index (χ4v) is 3.50. The molecule has 8 nitrogen and oxygen atoms in total. The highest BCUT2D eigenvalue weighted by molar-refractivity contribution is 5.94. The highest BCUT2D eigenvalue weighted by atomic mass is 19.1. The van der Waals surface area contributed by atoms with Gasteiger partial charge in [0.25, 0.3) is 0 Å². The molecule has 2 amide bonds. The average molecular weight is 420 g/mol. The van der Waals surface area contributed by atoms with Crippen LogP contribution in [0.5, 0.6) is 5.88 Å². The minimum Gasteiger partial charge on any atom is -0.474 e. The first-order chi connectivity index (χ1) is 15.0. The van der Waals surface area contributed by atoms with Crippen molar-refractivity contribution in [3.8, 4) is 23.1 Å². The fraction of sp³-hybridized carbons (Fsp3) is 0.273. The predicted octanol–water partition coefficient (Wildman–Crippen LogP) is 3.97. The number of nitriles is 1. The van der Waals surface area contributed by atoms with Crippen LogP contribution in [0.2, 0.25) is 0 Å². The number of amides is 2. The summed E-state index contributed by atoms with van der Waals surface area (Å²) in [6.45, 7) is 4.83. The van der Waals surface area contributed by atoms with Crippen molar-refractivity contribution in [2.24, 2.45) is 0 Å². The van der Waals surface area contributed by atoms with Crippen LogP contribution < -0.4 is 20.7 Å². The van der Waals surface area contributed by atoms with Gasteiger partial charge in [0.1, 0.15) is 23.9 Å². The van der Waals surface area contributed by atoms with Gasteiger partial charge in [-0.15, -0.1) is 0 Å². The first-order valence-corrected chi connectivity index (χ1v) is 9.86. The third-order valence-electron chi connectivity index (χ3n) is 5.06. The van der Waals surface area contributed by atoms with E-state index in [1.807, 2.05) is 13.0 Å². The van der Waals surface area contributed by atoms with E-state index in [0.29, 0.717) is 46.7 Å². The molecular formula is C22H21FN6O2. The van der Waals surface area contributed by atoms with E-state index in [-0.39, 0.29) is 18.3 Å². The number of carbonyl (C=O) groups is 1. The van der Waals surface area contributed by atoms with E-state index in [4.69, 9.17) is 10.00 Å². The van der Waals surface area contributed by atoms with Gasteiger partial charge in [0.15, 0.2) is 0 Å². The maximum atomic E-state index is 14.9. The monoisotopic (exact) mass is 420 g/mol. The van der Waals surface area contributed by atoms with Crippen molar-refractivity contribution in [2.45, 2.75) is 26.3 Å². The second-order valence-corrected chi connectivity index (χ2v) is 7.36. The van der Waals surface area contributed by atoms with Crippen LogP contribution >= 0.6 is 0 Å². The number of halogens is 1. The van der Waals surface area contributed by atoms with E-state index in [2.05, 4.69) is 25.9 Å². The maximum absolute atomic E-state index is 14.9. The number of carbonyl (C=O) groups excluding carboxylic acids is 1. The Morgan fingerprint density at radius 3 is 2.94 bits per heavy atom. The molecule has 0 spiro atoms. The van der Waals surface area contributed by atoms with Gasteiger partial charge in [-0.1, -0.05) is 0 Å². The minimum atomic E-state index is -0.460. The molecule has 0 saturated heterocycles. The van der Waals surface area contributed by atoms with Crippen LogP contribution in [0.4, 0.5) is 20.7 Å². The van der Waals surface area contributed by atoms with E-state index < -0.39 is 6.03 Å². The Morgan fingerprint density at radius 2 is 2.13 bits per heavy atom. The van der Waals surface area contributed by atoms with Crippen LogP contribution in [0.1, 0.15) is 18.9 Å². The summed E-state index contributed by atoms with van der Waals surface area (Å²) in [7, 11) is 0. The van der Waals surface area contributed by atoms with Crippen LogP contribution in [-0.4, -0.2) is 35.2 Å². The molecule has 0 saturated carbocycles. The number of rotatable bonds is 4. The fourth-order valence-electron chi connectivity index (χ4n) is 3.50. The molecule has 1 unspecified atom stereocenters. The van der Waals surface area contributed by atoms with Crippen LogP contribution in [0.15, 0.2) is 30.6 Å². The summed E-state index contributed by atoms with van der Waals surface area (Å²) in [6.07, 6.45) is 3.31. The summed E-state index contributed by atoms with van der Waals surface area (Å²) >= 11 is 0. The van der Waals surface area contributed by atoms with E-state index in [0.717, 1.165) is 11.3 Å². The number of nitrogens with zero attached hydrogens (tertiary/aromatic N) is 3. The smallest absolute Gasteiger partial charge is 0.320 e. The topological polar surface area (TPSA) is 112 Å². The number of nitrogens with one attached hydrogen (secondary N) is 3. The Bertz CT molecular complexity index is 1210. The molecule has 0 radical (unpaired) electrons. The number of fused-ring (bicyclic) bond motifs is 2. The van der Waals surface area contributed by atoms with Gasteiger partial charge in [-0.25, -0.2) is 19.2 Å². The van der Waals surface area contributed by atoms with Gasteiger partial charge in [-0.2, -0.15) is 5.26 Å². The van der Waals surface area contributed by atoms with Gasteiger partial charge in [0, 0.05) is 41.5 Å². The van der Waals surface area contributed by atoms with Gasteiger partial charge in [-0.3, -0.25) is 5.32 Å². The molecule has 3 aromatic rings. The molecule has 3 heterocycles. The van der Waals surface area contributed by atoms with E-state index in [1.54, 1.807) is 25.3 Å². The third-order valence-corrected chi connectivity index (χ3v) is 5.06. The van der Waals surface area contributed by atoms with Crippen molar-refractivity contribution in [3.05, 3.63) is 42.0 Å². The maximum Gasteiger partial charge on any atom is 0.320 e. The van der Waals surface area contributed by atoms with Crippen LogP contribution in [0.25, 0.3) is 21.9 Å². The van der Waals surface area contributed by atoms with Crippen molar-refractivity contribution >= 4 is 28.3 Å². The molecule has 4 rings (SSSR count). The second kappa shape index (κ2) is 8.44. The van der Waals surface area contributed by atoms with Crippen LogP contribution in [0.3, 0.4) is 0 Å². The van der Waals surface area contributed by atoms with E-state index in [1.165, 1.54) is 12.3 Å². The number of anilines is 2. The highest BCUT2D eigenvalue weighted by Gasteiger charge is 2.19. The first kappa shape index (κ1) is 20.3. The Hall–Kier alpha value is -3.93. The lowest BCUT2D eigenvalue weighted by atomic mass is 9.98. The van der Waals surface area contributed by atoms with Gasteiger partial charge in [0.2, 0.25) is 5.88 Å². The number of urea groups is 1. The van der Waals surface area contributed by atoms with Crippen molar-refractivity contribution in [2.75, 3.05) is 23.8 Å².